The number of hydrogen-bond donors (Lipinski definition) is 0. The van der Waals surface area contributed by atoms with E-state index in [1.54, 1.807) is 4.43 Å². The van der Waals surface area contributed by atoms with Gasteiger partial charge in [0.1, 0.15) is 0 Å². The third-order valence-electron chi connectivity index (χ3n) is 0.665. The summed E-state index contributed by atoms with van der Waals surface area (Å²) in [6, 6.07) is 0. The molecule has 1 heterocycles. The monoisotopic (exact) mass is 182 g/mol. The van der Waals surface area contributed by atoms with E-state index in [1.807, 2.05) is 0 Å². The molecule has 0 atom stereocenters. The second-order valence-corrected chi connectivity index (χ2v) is 3.98. The lowest BCUT2D eigenvalue weighted by atomic mass is 10.4. The first kappa shape index (κ1) is 3.78. The molecule has 1 aliphatic heterocycles. The lowest BCUT2D eigenvalue weighted by Gasteiger charge is -1.68. The molecular weight excluding hydrogens is 175 g/mol. The molecule has 0 aromatic rings. The Kier molecular flexibility index (Phi) is 1.44. The van der Waals surface area contributed by atoms with Crippen molar-refractivity contribution in [1.29, 1.82) is 0 Å². The van der Waals surface area contributed by atoms with Gasteiger partial charge >= 0.3 is 0 Å². The molecule has 0 aromatic carbocycles. The third kappa shape index (κ3) is 0.992. The molecule has 0 radical (unpaired) electrons. The van der Waals surface area contributed by atoms with Crippen LogP contribution in [0.15, 0.2) is 0 Å². The predicted octanol–water partition coefficient (Wildman–Crippen LogP) is 1.55. The van der Waals surface area contributed by atoms with Crippen molar-refractivity contribution in [2.45, 2.75) is 12.8 Å². The predicted molar refractivity (Wildman–Crippen MR) is 34.2 cm³/mol. The summed E-state index contributed by atoms with van der Waals surface area (Å²) >= 11 is 0.617. The molecule has 0 nitrogen and oxygen atoms in total. The van der Waals surface area contributed by atoms with Gasteiger partial charge in [0.15, 0.2) is 0 Å². The second kappa shape index (κ2) is 1.90. The van der Waals surface area contributed by atoms with Crippen LogP contribution in [0.1, 0.15) is 12.8 Å². The molecular formula is C4H7I. The average molecular weight is 182 g/mol. The summed E-state index contributed by atoms with van der Waals surface area (Å²) in [5, 5.41) is 0. The fraction of sp³-hybridized carbons (Fsp3) is 0.750. The molecule has 0 fully saturated rings. The van der Waals surface area contributed by atoms with Crippen LogP contribution in [0.4, 0.5) is 0 Å². The number of halogens is 1. The Bertz CT molecular complexity index is 41.6. The highest BCUT2D eigenvalue weighted by Gasteiger charge is 1.85. The van der Waals surface area contributed by atoms with Gasteiger partial charge in [-0.2, -0.15) is 0 Å². The van der Waals surface area contributed by atoms with Crippen LogP contribution in [-0.4, -0.2) is 8.44 Å². The van der Waals surface area contributed by atoms with E-state index in [0.29, 0.717) is 20.7 Å². The van der Waals surface area contributed by atoms with Gasteiger partial charge < -0.3 is 0 Å². The Balaban J connectivity index is 2.32. The molecule has 0 saturated heterocycles. The van der Waals surface area contributed by atoms with E-state index in [2.05, 4.69) is 4.01 Å². The van der Waals surface area contributed by atoms with Crippen LogP contribution in [0, 0.1) is 0 Å². The Morgan fingerprint density at radius 2 is 2.60 bits per heavy atom. The smallest absolute Gasteiger partial charge is 0.00521 e. The zero-order valence-corrected chi connectivity index (χ0v) is 5.23. The highest BCUT2D eigenvalue weighted by atomic mass is 127. The number of alkyl halides is 1. The number of hydrogen-bond acceptors (Lipinski definition) is 0. The van der Waals surface area contributed by atoms with Crippen LogP contribution in [-0.2, 0) is 0 Å². The van der Waals surface area contributed by atoms with Crippen LogP contribution >= 0.6 is 20.7 Å². The Morgan fingerprint density at radius 3 is 2.80 bits per heavy atom. The van der Waals surface area contributed by atoms with E-state index in [0.717, 1.165) is 0 Å². The van der Waals surface area contributed by atoms with Gasteiger partial charge in [-0.25, -0.2) is 0 Å². The van der Waals surface area contributed by atoms with E-state index in [4.69, 9.17) is 0 Å². The van der Waals surface area contributed by atoms with Gasteiger partial charge in [-0.05, 0) is 17.3 Å². The van der Waals surface area contributed by atoms with Crippen LogP contribution in [0.25, 0.3) is 0 Å². The minimum Gasteiger partial charge on any atom is -0.127 e. The fourth-order valence-electron chi connectivity index (χ4n) is 0.386. The molecule has 0 amide bonds. The van der Waals surface area contributed by atoms with Crippen molar-refractivity contribution >= 4 is 24.7 Å². The summed E-state index contributed by atoms with van der Waals surface area (Å²) < 4.78 is 4.03. The molecule has 0 bridgehead atoms. The van der Waals surface area contributed by atoms with Crippen LogP contribution < -0.4 is 0 Å². The summed E-state index contributed by atoms with van der Waals surface area (Å²) in [6.45, 7) is 0. The third-order valence-corrected chi connectivity index (χ3v) is 3.30. The normalized spacial score (nSPS) is 22.4. The molecule has 0 spiro atoms. The molecule has 0 unspecified atom stereocenters. The number of rotatable bonds is 0. The van der Waals surface area contributed by atoms with Crippen LogP contribution in [0.5, 0.6) is 0 Å². The first-order chi connectivity index (χ1) is 2.50. The van der Waals surface area contributed by atoms with Gasteiger partial charge in [0.25, 0.3) is 0 Å². The van der Waals surface area contributed by atoms with Gasteiger partial charge in [0.2, 0.25) is 0 Å². The van der Waals surface area contributed by atoms with Gasteiger partial charge in [0, 0.05) is 0 Å². The van der Waals surface area contributed by atoms with Gasteiger partial charge in [0.05, 0.1) is 0 Å². The zero-order valence-electron chi connectivity index (χ0n) is 3.08. The maximum absolute atomic E-state index is 2.47. The average Bonchev–Trinajstić information content (AvgIpc) is 1.76. The lowest BCUT2D eigenvalue weighted by Crippen LogP contribution is -1.60. The maximum Gasteiger partial charge on any atom is -0.00521 e. The standard InChI is InChI=1S/C4H7I/c1-2-4-5-3-1/h3H,1-2,4H2. The Morgan fingerprint density at radius 1 is 1.60 bits per heavy atom. The van der Waals surface area contributed by atoms with E-state index < -0.39 is 0 Å². The summed E-state index contributed by atoms with van der Waals surface area (Å²) in [5.41, 5.74) is 0. The summed E-state index contributed by atoms with van der Waals surface area (Å²) in [4.78, 5) is 0. The minimum atomic E-state index is 0.617. The fourth-order valence-corrected chi connectivity index (χ4v) is 2.59. The van der Waals surface area contributed by atoms with E-state index in [1.165, 1.54) is 12.8 Å². The quantitative estimate of drug-likeness (QED) is 0.393. The van der Waals surface area contributed by atoms with Crippen molar-refractivity contribution in [3.05, 3.63) is 0 Å². The van der Waals surface area contributed by atoms with Crippen molar-refractivity contribution in [3.63, 3.8) is 0 Å². The van der Waals surface area contributed by atoms with Crippen molar-refractivity contribution < 1.29 is 0 Å². The molecule has 0 aromatic heterocycles. The largest absolute Gasteiger partial charge is 0.127 e. The van der Waals surface area contributed by atoms with Crippen molar-refractivity contribution in [2.24, 2.45) is 0 Å². The summed E-state index contributed by atoms with van der Waals surface area (Å²) in [7, 11) is 0. The van der Waals surface area contributed by atoms with Gasteiger partial charge in [-0.1, -0.05) is 4.01 Å². The molecule has 0 N–H and O–H groups in total. The highest BCUT2D eigenvalue weighted by molar-refractivity contribution is 14.2. The molecule has 1 aliphatic rings. The lowest BCUT2D eigenvalue weighted by molar-refractivity contribution is 1.06. The SMILES string of the molecule is C1=ICCC1. The van der Waals surface area contributed by atoms with E-state index in [-0.39, 0.29) is 0 Å². The first-order valence-electron chi connectivity index (χ1n) is 1.89. The van der Waals surface area contributed by atoms with Crippen molar-refractivity contribution in [1.82, 2.24) is 0 Å². The second-order valence-electron chi connectivity index (χ2n) is 1.14. The van der Waals surface area contributed by atoms with Crippen LogP contribution in [0.2, 0.25) is 0 Å². The maximum atomic E-state index is 2.47. The summed E-state index contributed by atoms with van der Waals surface area (Å²) in [6.07, 6.45) is 2.92. The molecule has 1 heteroatoms. The Labute approximate surface area is 42.3 Å². The van der Waals surface area contributed by atoms with Gasteiger partial charge in [-0.3, -0.25) is 0 Å². The highest BCUT2D eigenvalue weighted by Crippen LogP contribution is 2.08. The topological polar surface area (TPSA) is 0 Å². The van der Waals surface area contributed by atoms with E-state index >= 15 is 0 Å². The summed E-state index contributed by atoms with van der Waals surface area (Å²) in [5.74, 6) is 0. The molecule has 30 valence electrons. The van der Waals surface area contributed by atoms with Crippen LogP contribution in [0.3, 0.4) is 0 Å². The minimum absolute atomic E-state index is 0.617. The molecule has 0 saturated carbocycles. The Hall–Kier alpha value is 0.600. The first-order valence-corrected chi connectivity index (χ1v) is 4.66. The zero-order chi connectivity index (χ0) is 3.54. The molecule has 1 rings (SSSR count). The van der Waals surface area contributed by atoms with E-state index in [9.17, 15) is 0 Å². The molecule has 5 heavy (non-hydrogen) atoms. The van der Waals surface area contributed by atoms with Crippen molar-refractivity contribution in [2.75, 3.05) is 4.43 Å². The van der Waals surface area contributed by atoms with Crippen molar-refractivity contribution in [3.8, 4) is 0 Å². The molecule has 0 aliphatic carbocycles. The van der Waals surface area contributed by atoms with Gasteiger partial charge in [-0.15, -0.1) is 20.7 Å².